The number of aliphatic hydroxyl groups is 1. The predicted octanol–water partition coefficient (Wildman–Crippen LogP) is 4.26. The first-order chi connectivity index (χ1) is 24.5. The van der Waals surface area contributed by atoms with E-state index in [1.165, 1.54) is 0 Å². The summed E-state index contributed by atoms with van der Waals surface area (Å²) in [6.45, 7) is 15.8. The fraction of sp³-hybridized carbons (Fsp3) is 0.725. The van der Waals surface area contributed by atoms with Crippen LogP contribution in [0, 0.1) is 29.6 Å². The van der Waals surface area contributed by atoms with Crippen molar-refractivity contribution in [3.63, 3.8) is 0 Å². The van der Waals surface area contributed by atoms with Gasteiger partial charge in [0.15, 0.2) is 0 Å². The molecule has 0 spiro atoms. The number of carbonyl (C=O) groups is 4. The molecule has 1 aliphatic heterocycles. The van der Waals surface area contributed by atoms with E-state index in [1.54, 1.807) is 58.2 Å². The van der Waals surface area contributed by atoms with E-state index in [0.29, 0.717) is 18.5 Å². The van der Waals surface area contributed by atoms with Gasteiger partial charge in [0.25, 0.3) is 0 Å². The summed E-state index contributed by atoms with van der Waals surface area (Å²) in [5.74, 6) is -2.20. The van der Waals surface area contributed by atoms with Crippen LogP contribution >= 0.6 is 0 Å². The highest BCUT2D eigenvalue weighted by Crippen LogP contribution is 2.30. The molecule has 1 aromatic carbocycles. The van der Waals surface area contributed by atoms with Crippen molar-refractivity contribution in [2.45, 2.75) is 124 Å². The van der Waals surface area contributed by atoms with Crippen LogP contribution in [0.3, 0.4) is 0 Å². The highest BCUT2D eigenvalue weighted by atomic mass is 16.5. The second-order valence-corrected chi connectivity index (χ2v) is 15.1. The number of methoxy groups -OCH3 is 2. The number of ether oxygens (including phenoxy) is 2. The molecular weight excluding hydrogens is 662 g/mol. The molecule has 1 fully saturated rings. The summed E-state index contributed by atoms with van der Waals surface area (Å²) < 4.78 is 11.9. The van der Waals surface area contributed by atoms with Crippen LogP contribution in [0.5, 0.6) is 0 Å². The quantitative estimate of drug-likeness (QED) is 0.170. The Morgan fingerprint density at radius 1 is 0.981 bits per heavy atom. The Labute approximate surface area is 312 Å². The highest BCUT2D eigenvalue weighted by molar-refractivity contribution is 5.96. The molecule has 4 amide bonds. The van der Waals surface area contributed by atoms with Crippen LogP contribution in [-0.4, -0.2) is 116 Å². The molecule has 12 nitrogen and oxygen atoms in total. The number of hydrogen-bond donors (Lipinski definition) is 3. The van der Waals surface area contributed by atoms with Gasteiger partial charge in [-0.25, -0.2) is 0 Å². The molecule has 1 unspecified atom stereocenters. The van der Waals surface area contributed by atoms with Gasteiger partial charge in [0, 0.05) is 41.1 Å². The first-order valence-electron chi connectivity index (χ1n) is 18.9. The van der Waals surface area contributed by atoms with Gasteiger partial charge in [0.1, 0.15) is 6.04 Å². The van der Waals surface area contributed by atoms with Gasteiger partial charge in [-0.15, -0.1) is 0 Å². The summed E-state index contributed by atoms with van der Waals surface area (Å²) in [6, 6.07) is 7.07. The van der Waals surface area contributed by atoms with Crippen molar-refractivity contribution >= 4 is 29.8 Å². The maximum Gasteiger partial charge on any atom is 0.245 e. The molecule has 294 valence electrons. The number of amides is 4. The molecule has 1 aromatic rings. The average Bonchev–Trinajstić information content (AvgIpc) is 3.61. The standard InChI is InChI=1S/C40H67N5O7/c1-13-26(6)35(44(10)40(50)34(25(4)5)43-39(49)30(23-41-9)24(2)3)32(51-11)22-33(46)45-21-17-20-31(45)37(52-12)27(7)38(48)42-28(8)36(47)29-18-15-14-16-19-29/h14-16,18-19,23-28,30-32,34-37,47H,13,17,20-22H2,1-12H3,(H,42,48)(H,43,49)/t26-,27+,28+,30?,31-,32+,34-,35-,36+,37+/m0/s1. The molecule has 3 N–H and O–H groups in total. The maximum atomic E-state index is 14.2. The fourth-order valence-corrected chi connectivity index (χ4v) is 7.37. The molecule has 52 heavy (non-hydrogen) atoms. The van der Waals surface area contributed by atoms with Gasteiger partial charge in [0.2, 0.25) is 23.6 Å². The lowest BCUT2D eigenvalue weighted by Gasteiger charge is -2.41. The summed E-state index contributed by atoms with van der Waals surface area (Å²) >= 11 is 0. The highest BCUT2D eigenvalue weighted by Gasteiger charge is 2.43. The molecule has 1 saturated heterocycles. The van der Waals surface area contributed by atoms with E-state index in [-0.39, 0.29) is 53.8 Å². The van der Waals surface area contributed by atoms with Crippen molar-refractivity contribution in [3.8, 4) is 0 Å². The minimum Gasteiger partial charge on any atom is -0.386 e. The van der Waals surface area contributed by atoms with Crippen molar-refractivity contribution in [1.82, 2.24) is 20.4 Å². The number of carbonyl (C=O) groups excluding carboxylic acids is 4. The Morgan fingerprint density at radius 3 is 2.13 bits per heavy atom. The third-order valence-corrected chi connectivity index (χ3v) is 10.8. The third kappa shape index (κ3) is 11.6. The number of rotatable bonds is 20. The van der Waals surface area contributed by atoms with Gasteiger partial charge in [0.05, 0.1) is 54.7 Å². The van der Waals surface area contributed by atoms with Gasteiger partial charge < -0.3 is 40.0 Å². The van der Waals surface area contributed by atoms with E-state index in [1.807, 2.05) is 71.9 Å². The first-order valence-corrected chi connectivity index (χ1v) is 18.9. The van der Waals surface area contributed by atoms with Gasteiger partial charge >= 0.3 is 0 Å². The lowest BCUT2D eigenvalue weighted by Crippen LogP contribution is -2.58. The largest absolute Gasteiger partial charge is 0.386 e. The van der Waals surface area contributed by atoms with Gasteiger partial charge in [-0.3, -0.25) is 19.2 Å². The summed E-state index contributed by atoms with van der Waals surface area (Å²) in [7, 11) is 6.46. The molecule has 0 saturated carbocycles. The van der Waals surface area contributed by atoms with Crippen LogP contribution in [0.1, 0.15) is 92.7 Å². The zero-order valence-electron chi connectivity index (χ0n) is 33.7. The monoisotopic (exact) mass is 730 g/mol. The van der Waals surface area contributed by atoms with Crippen molar-refractivity contribution in [3.05, 3.63) is 35.9 Å². The molecule has 0 radical (unpaired) electrons. The molecule has 0 aliphatic carbocycles. The molecule has 1 aliphatic rings. The number of aliphatic imine (C=N–C) groups is 1. The van der Waals surface area contributed by atoms with Crippen molar-refractivity contribution in [2.24, 2.45) is 34.6 Å². The average molecular weight is 730 g/mol. The SMILES string of the molecule is CC[C@H](C)[C@@H]([C@@H](CC(=O)N1CCC[C@H]1[C@H](OC)[C@@H](C)C(=O)N[C@H](C)[C@@H](O)c1ccccc1)OC)N(C)C(=O)[C@@H](NC(=O)C(C=NC)C(C)C)C(C)C. The minimum atomic E-state index is -0.878. The zero-order chi connectivity index (χ0) is 39.3. The normalized spacial score (nSPS) is 20.1. The summed E-state index contributed by atoms with van der Waals surface area (Å²) in [5, 5.41) is 16.8. The number of nitrogens with zero attached hydrogens (tertiary/aromatic N) is 3. The van der Waals surface area contributed by atoms with Crippen LogP contribution in [0.4, 0.5) is 0 Å². The molecule has 12 heteroatoms. The Hall–Kier alpha value is -3.35. The Morgan fingerprint density at radius 2 is 1.62 bits per heavy atom. The Balaban J connectivity index is 2.25. The fourth-order valence-electron chi connectivity index (χ4n) is 7.37. The van der Waals surface area contributed by atoms with Crippen molar-refractivity contribution in [2.75, 3.05) is 34.9 Å². The number of likely N-dealkylation sites (N-methyl/N-ethyl adjacent to an activating group) is 1. The van der Waals surface area contributed by atoms with Crippen LogP contribution in [0.25, 0.3) is 0 Å². The minimum absolute atomic E-state index is 0.00155. The zero-order valence-corrected chi connectivity index (χ0v) is 33.7. The van der Waals surface area contributed by atoms with Crippen molar-refractivity contribution in [1.29, 1.82) is 0 Å². The Kier molecular flexibility index (Phi) is 18.4. The van der Waals surface area contributed by atoms with Crippen LogP contribution in [0.15, 0.2) is 35.3 Å². The number of aliphatic hydroxyl groups excluding tert-OH is 1. The third-order valence-electron chi connectivity index (χ3n) is 10.8. The van der Waals surface area contributed by atoms with E-state index >= 15 is 0 Å². The summed E-state index contributed by atoms with van der Waals surface area (Å²) in [6.07, 6.45) is 1.72. The second-order valence-electron chi connectivity index (χ2n) is 15.1. The van der Waals surface area contributed by atoms with Crippen molar-refractivity contribution < 1.29 is 33.8 Å². The predicted molar refractivity (Wildman–Crippen MR) is 205 cm³/mol. The molecule has 0 aromatic heterocycles. The van der Waals surface area contributed by atoms with Gasteiger partial charge in [-0.2, -0.15) is 0 Å². The Bertz CT molecular complexity index is 1310. The maximum absolute atomic E-state index is 14.2. The molecular formula is C40H67N5O7. The van der Waals surface area contributed by atoms with Crippen LogP contribution < -0.4 is 10.6 Å². The number of benzene rings is 1. The smallest absolute Gasteiger partial charge is 0.245 e. The number of nitrogens with one attached hydrogen (secondary N) is 2. The van der Waals surface area contributed by atoms with Gasteiger partial charge in [-0.05, 0) is 43.1 Å². The van der Waals surface area contributed by atoms with Crippen LogP contribution in [-0.2, 0) is 28.7 Å². The van der Waals surface area contributed by atoms with E-state index in [4.69, 9.17) is 9.47 Å². The number of likely N-dealkylation sites (tertiary alicyclic amines) is 1. The molecule has 10 atom stereocenters. The summed E-state index contributed by atoms with van der Waals surface area (Å²) in [5.41, 5.74) is 0.709. The van der Waals surface area contributed by atoms with E-state index < -0.39 is 48.3 Å². The van der Waals surface area contributed by atoms with Crippen LogP contribution in [0.2, 0.25) is 0 Å². The number of hydrogen-bond acceptors (Lipinski definition) is 8. The molecule has 2 rings (SSSR count). The summed E-state index contributed by atoms with van der Waals surface area (Å²) in [4.78, 5) is 62.6. The molecule has 0 bridgehead atoms. The van der Waals surface area contributed by atoms with E-state index in [0.717, 1.165) is 12.8 Å². The molecule has 1 heterocycles. The first kappa shape index (κ1) is 44.8. The lowest BCUT2D eigenvalue weighted by molar-refractivity contribution is -0.148. The topological polar surface area (TPSA) is 150 Å². The van der Waals surface area contributed by atoms with Gasteiger partial charge in [-0.1, -0.05) is 85.2 Å². The van der Waals surface area contributed by atoms with E-state index in [9.17, 15) is 24.3 Å². The second kappa shape index (κ2) is 21.4. The lowest BCUT2D eigenvalue weighted by atomic mass is 9.89. The van der Waals surface area contributed by atoms with E-state index in [2.05, 4.69) is 15.6 Å².